The molecular formula is C27H39N3O3. The van der Waals surface area contributed by atoms with Crippen molar-refractivity contribution in [2.75, 3.05) is 53.5 Å². The van der Waals surface area contributed by atoms with Crippen molar-refractivity contribution in [3.8, 4) is 11.5 Å². The first-order chi connectivity index (χ1) is 16.1. The molecule has 2 aliphatic rings. The molecular weight excluding hydrogens is 414 g/mol. The maximum absolute atomic E-state index is 10.7. The normalized spacial score (nSPS) is 22.1. The van der Waals surface area contributed by atoms with Crippen LogP contribution in [0.15, 0.2) is 48.5 Å². The van der Waals surface area contributed by atoms with E-state index in [1.807, 2.05) is 18.2 Å². The van der Waals surface area contributed by atoms with Gasteiger partial charge in [0.15, 0.2) is 0 Å². The highest BCUT2D eigenvalue weighted by molar-refractivity contribution is 5.29. The van der Waals surface area contributed by atoms with Crippen molar-refractivity contribution in [2.24, 2.45) is 0 Å². The van der Waals surface area contributed by atoms with Crippen molar-refractivity contribution in [1.29, 1.82) is 0 Å². The third kappa shape index (κ3) is 6.93. The number of piperidine rings is 1. The summed E-state index contributed by atoms with van der Waals surface area (Å²) in [6.07, 6.45) is 3.64. The number of likely N-dealkylation sites (tertiary alicyclic amines) is 2. The average molecular weight is 454 g/mol. The van der Waals surface area contributed by atoms with Crippen LogP contribution in [0.5, 0.6) is 11.5 Å². The van der Waals surface area contributed by atoms with Crippen molar-refractivity contribution >= 4 is 0 Å². The van der Waals surface area contributed by atoms with Gasteiger partial charge in [0.25, 0.3) is 0 Å². The minimum Gasteiger partial charge on any atom is -0.497 e. The van der Waals surface area contributed by atoms with Gasteiger partial charge in [0, 0.05) is 38.8 Å². The number of methoxy groups -OCH3 is 1. The van der Waals surface area contributed by atoms with E-state index < -0.39 is 0 Å². The molecule has 6 heteroatoms. The van der Waals surface area contributed by atoms with Gasteiger partial charge in [-0.15, -0.1) is 0 Å². The Bertz CT molecular complexity index is 854. The second-order valence-electron chi connectivity index (χ2n) is 9.49. The number of rotatable bonds is 10. The Labute approximate surface area is 198 Å². The van der Waals surface area contributed by atoms with Crippen LogP contribution >= 0.6 is 0 Å². The van der Waals surface area contributed by atoms with E-state index in [1.54, 1.807) is 7.11 Å². The van der Waals surface area contributed by atoms with Crippen LogP contribution in [0.1, 0.15) is 30.4 Å². The van der Waals surface area contributed by atoms with E-state index in [9.17, 15) is 5.11 Å². The molecule has 2 fully saturated rings. The SMILES string of the molecule is COc1ccc(CN(C)[C@H]2CN(Cc3cccc(OCCN4CCCCC4)c3)C[C@@H]2O)cc1. The van der Waals surface area contributed by atoms with Crippen LogP contribution in [0.3, 0.4) is 0 Å². The molecule has 2 aromatic rings. The molecule has 2 atom stereocenters. The Morgan fingerprint density at radius 3 is 2.48 bits per heavy atom. The number of β-amino-alcohol motifs (C(OH)–C–C–N with tert-alkyl or cyclic N) is 1. The fourth-order valence-electron chi connectivity index (χ4n) is 5.01. The predicted octanol–water partition coefficient (Wildman–Crippen LogP) is 3.24. The summed E-state index contributed by atoms with van der Waals surface area (Å²) in [5.74, 6) is 1.81. The van der Waals surface area contributed by atoms with Crippen molar-refractivity contribution in [1.82, 2.24) is 14.7 Å². The largest absolute Gasteiger partial charge is 0.497 e. The smallest absolute Gasteiger partial charge is 0.119 e. The van der Waals surface area contributed by atoms with Crippen molar-refractivity contribution in [3.05, 3.63) is 59.7 Å². The maximum Gasteiger partial charge on any atom is 0.119 e. The van der Waals surface area contributed by atoms with E-state index in [2.05, 4.69) is 52.1 Å². The summed E-state index contributed by atoms with van der Waals surface area (Å²) in [5.41, 5.74) is 2.45. The second kappa shape index (κ2) is 11.8. The fourth-order valence-corrected chi connectivity index (χ4v) is 5.01. The summed E-state index contributed by atoms with van der Waals surface area (Å²) >= 11 is 0. The van der Waals surface area contributed by atoms with Crippen molar-refractivity contribution < 1.29 is 14.6 Å². The highest BCUT2D eigenvalue weighted by Crippen LogP contribution is 2.22. The zero-order chi connectivity index (χ0) is 23.0. The molecule has 0 saturated carbocycles. The van der Waals surface area contributed by atoms with Crippen LogP contribution in [0.2, 0.25) is 0 Å². The monoisotopic (exact) mass is 453 g/mol. The fraction of sp³-hybridized carbons (Fsp3) is 0.556. The summed E-state index contributed by atoms with van der Waals surface area (Å²) in [7, 11) is 3.78. The van der Waals surface area contributed by atoms with Gasteiger partial charge in [-0.3, -0.25) is 14.7 Å². The average Bonchev–Trinajstić information content (AvgIpc) is 3.20. The summed E-state index contributed by atoms with van der Waals surface area (Å²) in [6.45, 7) is 7.33. The molecule has 0 aromatic heterocycles. The van der Waals surface area contributed by atoms with Crippen molar-refractivity contribution in [3.63, 3.8) is 0 Å². The molecule has 180 valence electrons. The number of aliphatic hydroxyl groups is 1. The number of nitrogens with zero attached hydrogens (tertiary/aromatic N) is 3. The second-order valence-corrected chi connectivity index (χ2v) is 9.49. The van der Waals surface area contributed by atoms with Crippen LogP contribution in [-0.4, -0.2) is 85.4 Å². The summed E-state index contributed by atoms with van der Waals surface area (Å²) < 4.78 is 11.3. The quantitative estimate of drug-likeness (QED) is 0.596. The molecule has 6 nitrogen and oxygen atoms in total. The minimum absolute atomic E-state index is 0.121. The number of benzene rings is 2. The van der Waals surface area contributed by atoms with Crippen LogP contribution in [0.4, 0.5) is 0 Å². The maximum atomic E-state index is 10.7. The Balaban J connectivity index is 1.25. The predicted molar refractivity (Wildman–Crippen MR) is 132 cm³/mol. The molecule has 1 N–H and O–H groups in total. The lowest BCUT2D eigenvalue weighted by Crippen LogP contribution is -2.40. The van der Waals surface area contributed by atoms with Gasteiger partial charge in [-0.05, 0) is 68.4 Å². The van der Waals surface area contributed by atoms with Gasteiger partial charge in [-0.1, -0.05) is 30.7 Å². The summed E-state index contributed by atoms with van der Waals surface area (Å²) in [5, 5.41) is 10.7. The molecule has 0 amide bonds. The molecule has 0 spiro atoms. The van der Waals surface area contributed by atoms with Gasteiger partial charge in [0.2, 0.25) is 0 Å². The molecule has 2 aliphatic heterocycles. The Kier molecular flexibility index (Phi) is 8.62. The Morgan fingerprint density at radius 2 is 1.73 bits per heavy atom. The van der Waals surface area contributed by atoms with E-state index in [1.165, 1.54) is 43.5 Å². The Hall–Kier alpha value is -2.12. The molecule has 0 aliphatic carbocycles. The van der Waals surface area contributed by atoms with Crippen LogP contribution in [0.25, 0.3) is 0 Å². The molecule has 2 aromatic carbocycles. The van der Waals surface area contributed by atoms with Gasteiger partial charge < -0.3 is 14.6 Å². The van der Waals surface area contributed by atoms with E-state index in [0.717, 1.165) is 44.3 Å². The minimum atomic E-state index is -0.350. The molecule has 0 radical (unpaired) electrons. The van der Waals surface area contributed by atoms with Crippen LogP contribution in [-0.2, 0) is 13.1 Å². The van der Waals surface area contributed by atoms with E-state index >= 15 is 0 Å². The lowest BCUT2D eigenvalue weighted by atomic mass is 10.1. The summed E-state index contributed by atoms with van der Waals surface area (Å²) in [4.78, 5) is 7.10. The molecule has 0 unspecified atom stereocenters. The number of aliphatic hydroxyl groups excluding tert-OH is 1. The third-order valence-electron chi connectivity index (χ3n) is 6.92. The number of ether oxygens (including phenoxy) is 2. The lowest BCUT2D eigenvalue weighted by Gasteiger charge is -2.26. The van der Waals surface area contributed by atoms with E-state index in [4.69, 9.17) is 9.47 Å². The first kappa shape index (κ1) is 24.0. The van der Waals surface area contributed by atoms with Crippen LogP contribution < -0.4 is 9.47 Å². The standard InChI is InChI=1S/C27H39N3O3/c1-28(18-22-9-11-24(32-2)12-10-22)26-20-30(21-27(26)31)19-23-7-6-8-25(17-23)33-16-15-29-13-4-3-5-14-29/h6-12,17,26-27,31H,3-5,13-16,18-21H2,1-2H3/t26-,27-/m0/s1. The van der Waals surface area contributed by atoms with Gasteiger partial charge in [0.05, 0.1) is 13.2 Å². The Morgan fingerprint density at radius 1 is 0.939 bits per heavy atom. The lowest BCUT2D eigenvalue weighted by molar-refractivity contribution is 0.0949. The molecule has 33 heavy (non-hydrogen) atoms. The first-order valence-corrected chi connectivity index (χ1v) is 12.3. The highest BCUT2D eigenvalue weighted by atomic mass is 16.5. The van der Waals surface area contributed by atoms with E-state index in [0.29, 0.717) is 6.54 Å². The zero-order valence-corrected chi connectivity index (χ0v) is 20.2. The van der Waals surface area contributed by atoms with Gasteiger partial charge in [-0.2, -0.15) is 0 Å². The molecule has 0 bridgehead atoms. The summed E-state index contributed by atoms with van der Waals surface area (Å²) in [6, 6.07) is 16.7. The molecule has 2 saturated heterocycles. The third-order valence-corrected chi connectivity index (χ3v) is 6.92. The van der Waals surface area contributed by atoms with Crippen LogP contribution in [0, 0.1) is 0 Å². The first-order valence-electron chi connectivity index (χ1n) is 12.3. The van der Waals surface area contributed by atoms with Gasteiger partial charge in [0.1, 0.15) is 18.1 Å². The highest BCUT2D eigenvalue weighted by Gasteiger charge is 2.33. The number of hydrogen-bond acceptors (Lipinski definition) is 6. The number of hydrogen-bond donors (Lipinski definition) is 1. The van der Waals surface area contributed by atoms with Crippen molar-refractivity contribution in [2.45, 2.75) is 44.5 Å². The van der Waals surface area contributed by atoms with E-state index in [-0.39, 0.29) is 12.1 Å². The zero-order valence-electron chi connectivity index (χ0n) is 20.2. The molecule has 2 heterocycles. The van der Waals surface area contributed by atoms with Gasteiger partial charge >= 0.3 is 0 Å². The van der Waals surface area contributed by atoms with Gasteiger partial charge in [-0.25, -0.2) is 0 Å². The number of likely N-dealkylation sites (N-methyl/N-ethyl adjacent to an activating group) is 1. The topological polar surface area (TPSA) is 48.4 Å². The molecule has 4 rings (SSSR count).